The molecule has 0 amide bonds. The Morgan fingerprint density at radius 1 is 1.36 bits per heavy atom. The Bertz CT molecular complexity index is 734. The minimum atomic E-state index is -0.0654. The summed E-state index contributed by atoms with van der Waals surface area (Å²) in [5.74, 6) is 0.727. The van der Waals surface area contributed by atoms with Gasteiger partial charge in [0.05, 0.1) is 11.4 Å². The van der Waals surface area contributed by atoms with Crippen molar-refractivity contribution in [2.24, 2.45) is 7.05 Å². The molecule has 1 unspecified atom stereocenters. The van der Waals surface area contributed by atoms with Crippen LogP contribution in [0.25, 0.3) is 11.4 Å². The fourth-order valence-electron chi connectivity index (χ4n) is 3.16. The van der Waals surface area contributed by atoms with Gasteiger partial charge in [0.1, 0.15) is 6.33 Å². The average molecular weight is 321 g/mol. The molecule has 2 fully saturated rings. The van der Waals surface area contributed by atoms with E-state index in [1.807, 2.05) is 0 Å². The molecule has 4 heterocycles. The summed E-state index contributed by atoms with van der Waals surface area (Å²) in [6.07, 6.45) is 4.24. The van der Waals surface area contributed by atoms with Gasteiger partial charge < -0.3 is 10.2 Å². The van der Waals surface area contributed by atoms with Gasteiger partial charge in [0.2, 0.25) is 5.95 Å². The van der Waals surface area contributed by atoms with Crippen LogP contribution in [0, 0.1) is 0 Å². The molecule has 4 rings (SSSR count). The Balaban J connectivity index is 0.00000144. The fourth-order valence-corrected chi connectivity index (χ4v) is 3.16. The molecule has 0 saturated carbocycles. The predicted octanol–water partition coefficient (Wildman–Crippen LogP) is 0.210. The number of nitrogens with zero attached hydrogens (tertiary/aromatic N) is 5. The van der Waals surface area contributed by atoms with Crippen LogP contribution in [0.1, 0.15) is 6.42 Å². The molecular formula is C14H17ClN6O. The molecule has 0 aliphatic carbocycles. The Morgan fingerprint density at radius 2 is 2.23 bits per heavy atom. The lowest BCUT2D eigenvalue weighted by Crippen LogP contribution is -2.46. The van der Waals surface area contributed by atoms with E-state index in [4.69, 9.17) is 0 Å². The smallest absolute Gasteiger partial charge is 0.255 e. The van der Waals surface area contributed by atoms with Gasteiger partial charge in [0.15, 0.2) is 0 Å². The maximum atomic E-state index is 12.2. The molecule has 1 N–H and O–H groups in total. The Morgan fingerprint density at radius 3 is 2.86 bits per heavy atom. The van der Waals surface area contributed by atoms with E-state index < -0.39 is 0 Å². The van der Waals surface area contributed by atoms with E-state index in [0.29, 0.717) is 23.5 Å². The fraction of sp³-hybridized carbons (Fsp3) is 0.429. The highest BCUT2D eigenvalue weighted by molar-refractivity contribution is 5.85. The predicted molar refractivity (Wildman–Crippen MR) is 85.3 cm³/mol. The van der Waals surface area contributed by atoms with Crippen molar-refractivity contribution in [1.29, 1.82) is 0 Å². The molecule has 8 heteroatoms. The van der Waals surface area contributed by atoms with Gasteiger partial charge in [-0.1, -0.05) is 0 Å². The zero-order valence-electron chi connectivity index (χ0n) is 12.1. The summed E-state index contributed by atoms with van der Waals surface area (Å²) in [4.78, 5) is 27.2. The van der Waals surface area contributed by atoms with Crippen LogP contribution in [0.4, 0.5) is 5.95 Å². The van der Waals surface area contributed by atoms with E-state index >= 15 is 0 Å². The molecule has 2 aliphatic heterocycles. The Hall–Kier alpha value is -1.99. The van der Waals surface area contributed by atoms with Crippen molar-refractivity contribution in [2.45, 2.75) is 18.5 Å². The number of fused-ring (bicyclic) bond motifs is 2. The van der Waals surface area contributed by atoms with E-state index in [1.54, 1.807) is 23.9 Å². The van der Waals surface area contributed by atoms with Gasteiger partial charge in [0.25, 0.3) is 5.56 Å². The molecule has 2 saturated heterocycles. The van der Waals surface area contributed by atoms with Crippen LogP contribution in [0.2, 0.25) is 0 Å². The minimum Gasteiger partial charge on any atom is -0.336 e. The Kier molecular flexibility index (Phi) is 3.84. The number of hydrogen-bond donors (Lipinski definition) is 1. The second-order valence-electron chi connectivity index (χ2n) is 5.58. The van der Waals surface area contributed by atoms with Crippen molar-refractivity contribution in [3.05, 3.63) is 35.0 Å². The van der Waals surface area contributed by atoms with Gasteiger partial charge in [-0.05, 0) is 12.5 Å². The molecular weight excluding hydrogens is 304 g/mol. The van der Waals surface area contributed by atoms with Crippen molar-refractivity contribution in [1.82, 2.24) is 24.8 Å². The molecule has 0 spiro atoms. The maximum absolute atomic E-state index is 12.2. The quantitative estimate of drug-likeness (QED) is 0.852. The van der Waals surface area contributed by atoms with Crippen LogP contribution in [0.15, 0.2) is 29.5 Å². The molecule has 0 radical (unpaired) electrons. The molecule has 2 aromatic rings. The molecule has 22 heavy (non-hydrogen) atoms. The SMILES string of the molecule is Cl.Cn1c(N2CC3C[C@H]2CN3)nc(-c2ccncn2)cc1=O. The first-order valence-electron chi connectivity index (χ1n) is 7.07. The van der Waals surface area contributed by atoms with Gasteiger partial charge in [-0.2, -0.15) is 0 Å². The van der Waals surface area contributed by atoms with E-state index in [1.165, 1.54) is 12.4 Å². The number of nitrogens with one attached hydrogen (secondary N) is 1. The van der Waals surface area contributed by atoms with Crippen molar-refractivity contribution < 1.29 is 0 Å². The standard InChI is InChI=1S/C14H16N6O.ClH/c1-19-13(21)5-12(11-2-3-15-8-17-11)18-14(19)20-7-9-4-10(20)6-16-9;/h2-3,5,8-10,16H,4,6-7H2,1H3;1H/t9?,10-;/m0./s1. The Labute approximate surface area is 133 Å². The highest BCUT2D eigenvalue weighted by Gasteiger charge is 2.39. The van der Waals surface area contributed by atoms with Gasteiger partial charge in [0, 0.05) is 44.5 Å². The van der Waals surface area contributed by atoms with Crippen molar-refractivity contribution >= 4 is 18.4 Å². The van der Waals surface area contributed by atoms with Crippen LogP contribution < -0.4 is 15.8 Å². The summed E-state index contributed by atoms with van der Waals surface area (Å²) in [7, 11) is 1.77. The zero-order valence-corrected chi connectivity index (χ0v) is 13.0. The molecule has 2 aromatic heterocycles. The second-order valence-corrected chi connectivity index (χ2v) is 5.58. The first-order valence-corrected chi connectivity index (χ1v) is 7.07. The number of rotatable bonds is 2. The number of halogens is 1. The van der Waals surface area contributed by atoms with Gasteiger partial charge in [-0.3, -0.25) is 9.36 Å². The van der Waals surface area contributed by atoms with Crippen LogP contribution in [0.5, 0.6) is 0 Å². The summed E-state index contributed by atoms with van der Waals surface area (Å²) < 4.78 is 1.62. The van der Waals surface area contributed by atoms with Crippen LogP contribution in [0.3, 0.4) is 0 Å². The molecule has 2 aliphatic rings. The van der Waals surface area contributed by atoms with Crippen LogP contribution in [-0.2, 0) is 7.05 Å². The zero-order chi connectivity index (χ0) is 14.4. The number of anilines is 1. The minimum absolute atomic E-state index is 0. The molecule has 116 valence electrons. The van der Waals surface area contributed by atoms with Gasteiger partial charge in [-0.15, -0.1) is 12.4 Å². The number of piperazine rings is 1. The summed E-state index contributed by atoms with van der Waals surface area (Å²) in [6.45, 7) is 1.86. The first-order chi connectivity index (χ1) is 10.2. The molecule has 7 nitrogen and oxygen atoms in total. The average Bonchev–Trinajstić information content (AvgIpc) is 3.13. The van der Waals surface area contributed by atoms with E-state index in [0.717, 1.165) is 25.5 Å². The summed E-state index contributed by atoms with van der Waals surface area (Å²) >= 11 is 0. The van der Waals surface area contributed by atoms with Gasteiger partial charge >= 0.3 is 0 Å². The van der Waals surface area contributed by atoms with Crippen molar-refractivity contribution in [2.75, 3.05) is 18.0 Å². The summed E-state index contributed by atoms with van der Waals surface area (Å²) in [5.41, 5.74) is 1.21. The van der Waals surface area contributed by atoms with E-state index in [-0.39, 0.29) is 18.0 Å². The van der Waals surface area contributed by atoms with Crippen LogP contribution >= 0.6 is 12.4 Å². The number of hydrogen-bond acceptors (Lipinski definition) is 6. The van der Waals surface area contributed by atoms with Crippen molar-refractivity contribution in [3.63, 3.8) is 0 Å². The monoisotopic (exact) mass is 320 g/mol. The molecule has 2 atom stereocenters. The lowest BCUT2D eigenvalue weighted by molar-refractivity contribution is 0.562. The second kappa shape index (κ2) is 5.66. The van der Waals surface area contributed by atoms with Crippen molar-refractivity contribution in [3.8, 4) is 11.4 Å². The third-order valence-corrected chi connectivity index (χ3v) is 4.27. The summed E-state index contributed by atoms with van der Waals surface area (Å²) in [5, 5.41) is 3.46. The summed E-state index contributed by atoms with van der Waals surface area (Å²) in [6, 6.07) is 4.23. The molecule has 2 bridgehead atoms. The molecule has 0 aromatic carbocycles. The number of aromatic nitrogens is 4. The maximum Gasteiger partial charge on any atom is 0.255 e. The topological polar surface area (TPSA) is 75.9 Å². The third-order valence-electron chi connectivity index (χ3n) is 4.27. The largest absolute Gasteiger partial charge is 0.336 e. The lowest BCUT2D eigenvalue weighted by Gasteiger charge is -2.29. The first kappa shape index (κ1) is 14.9. The van der Waals surface area contributed by atoms with E-state index in [9.17, 15) is 4.79 Å². The third kappa shape index (κ3) is 2.36. The van der Waals surface area contributed by atoms with Gasteiger partial charge in [-0.25, -0.2) is 15.0 Å². The lowest BCUT2D eigenvalue weighted by atomic mass is 10.2. The normalized spacial score (nSPS) is 22.7. The van der Waals surface area contributed by atoms with E-state index in [2.05, 4.69) is 25.2 Å². The van der Waals surface area contributed by atoms with Crippen LogP contribution in [-0.4, -0.2) is 44.7 Å². The highest BCUT2D eigenvalue weighted by Crippen LogP contribution is 2.28. The highest BCUT2D eigenvalue weighted by atomic mass is 35.5.